The summed E-state index contributed by atoms with van der Waals surface area (Å²) in [5.41, 5.74) is 0. The Hall–Kier alpha value is -0.120. The number of hydrogen-bond donors (Lipinski definition) is 3. The predicted molar refractivity (Wildman–Crippen MR) is 91.7 cm³/mol. The lowest BCUT2D eigenvalue weighted by molar-refractivity contribution is 0.157. The maximum atomic E-state index is 9.82. The third kappa shape index (κ3) is 17.8. The quantitative estimate of drug-likeness (QED) is 0.356. The van der Waals surface area contributed by atoms with E-state index < -0.39 is 0 Å². The van der Waals surface area contributed by atoms with E-state index in [0.717, 1.165) is 32.2 Å². The van der Waals surface area contributed by atoms with Crippen LogP contribution in [-0.2, 0) is 0 Å². The lowest BCUT2D eigenvalue weighted by Gasteiger charge is -2.11. The Bertz CT molecular complexity index is 188. The highest BCUT2D eigenvalue weighted by Gasteiger charge is 2.02. The van der Waals surface area contributed by atoms with Crippen molar-refractivity contribution in [3.8, 4) is 0 Å². The predicted octanol–water partition coefficient (Wildman–Crippen LogP) is 4.02. The molecule has 0 heterocycles. The van der Waals surface area contributed by atoms with E-state index in [1.807, 2.05) is 0 Å². The molecule has 0 aromatic carbocycles. The van der Waals surface area contributed by atoms with E-state index in [4.69, 9.17) is 5.11 Å². The van der Waals surface area contributed by atoms with Gasteiger partial charge in [-0.25, -0.2) is 0 Å². The molecule has 0 saturated carbocycles. The topological polar surface area (TPSA) is 52.5 Å². The zero-order chi connectivity index (χ0) is 15.6. The van der Waals surface area contributed by atoms with Crippen LogP contribution in [0.15, 0.2) is 0 Å². The molecule has 128 valence electrons. The first-order valence-corrected chi connectivity index (χ1v) is 9.31. The Morgan fingerprint density at radius 1 is 0.762 bits per heavy atom. The molecule has 0 amide bonds. The van der Waals surface area contributed by atoms with Crippen LogP contribution in [-0.4, -0.2) is 36.0 Å². The second kappa shape index (κ2) is 17.9. The van der Waals surface area contributed by atoms with Crippen LogP contribution in [0.2, 0.25) is 0 Å². The monoisotopic (exact) mass is 301 g/mol. The van der Waals surface area contributed by atoms with E-state index in [-0.39, 0.29) is 12.7 Å². The van der Waals surface area contributed by atoms with Crippen molar-refractivity contribution < 1.29 is 10.2 Å². The zero-order valence-corrected chi connectivity index (χ0v) is 14.3. The molecule has 3 nitrogen and oxygen atoms in total. The number of unbranched alkanes of at least 4 members (excludes halogenated alkanes) is 10. The van der Waals surface area contributed by atoms with Crippen LogP contribution < -0.4 is 5.32 Å². The van der Waals surface area contributed by atoms with E-state index in [0.29, 0.717) is 6.54 Å². The van der Waals surface area contributed by atoms with Gasteiger partial charge in [0.05, 0.1) is 6.10 Å². The summed E-state index contributed by atoms with van der Waals surface area (Å²) < 4.78 is 0. The first-order chi connectivity index (χ1) is 10.3. The van der Waals surface area contributed by atoms with E-state index in [9.17, 15) is 5.11 Å². The summed E-state index contributed by atoms with van der Waals surface area (Å²) in [5, 5.41) is 21.7. The van der Waals surface area contributed by atoms with Gasteiger partial charge in [-0.15, -0.1) is 0 Å². The summed E-state index contributed by atoms with van der Waals surface area (Å²) in [6, 6.07) is 0. The summed E-state index contributed by atoms with van der Waals surface area (Å²) in [5.74, 6) is 0. The number of aliphatic hydroxyl groups excluding tert-OH is 2. The molecule has 0 bridgehead atoms. The average molecular weight is 302 g/mol. The van der Waals surface area contributed by atoms with Crippen LogP contribution in [0.25, 0.3) is 0 Å². The molecule has 0 spiro atoms. The van der Waals surface area contributed by atoms with Crippen molar-refractivity contribution in [2.45, 2.75) is 96.5 Å². The maximum absolute atomic E-state index is 9.82. The van der Waals surface area contributed by atoms with Gasteiger partial charge in [0.1, 0.15) is 0 Å². The molecule has 0 saturated heterocycles. The van der Waals surface area contributed by atoms with Gasteiger partial charge in [0.25, 0.3) is 0 Å². The summed E-state index contributed by atoms with van der Waals surface area (Å²) in [6.45, 7) is 4.13. The Morgan fingerprint density at radius 3 is 1.90 bits per heavy atom. The Balaban J connectivity index is 3.09. The molecular weight excluding hydrogens is 262 g/mol. The fourth-order valence-electron chi connectivity index (χ4n) is 2.60. The van der Waals surface area contributed by atoms with Crippen LogP contribution >= 0.6 is 0 Å². The molecule has 0 aliphatic rings. The van der Waals surface area contributed by atoms with Gasteiger partial charge in [-0.2, -0.15) is 0 Å². The van der Waals surface area contributed by atoms with E-state index in [2.05, 4.69) is 12.2 Å². The molecule has 0 aromatic heterocycles. The van der Waals surface area contributed by atoms with Gasteiger partial charge in [0, 0.05) is 13.2 Å². The van der Waals surface area contributed by atoms with Crippen molar-refractivity contribution in [2.75, 3.05) is 19.7 Å². The van der Waals surface area contributed by atoms with Gasteiger partial charge >= 0.3 is 0 Å². The van der Waals surface area contributed by atoms with Gasteiger partial charge in [0.2, 0.25) is 0 Å². The standard InChI is InChI=1S/C18H39NO2/c1-2-3-4-5-6-7-8-9-10-11-14-18(21)17-19-15-12-13-16-20/h18-21H,2-17H2,1H3. The molecule has 0 radical (unpaired) electrons. The van der Waals surface area contributed by atoms with Gasteiger partial charge in [-0.05, 0) is 25.8 Å². The molecule has 1 atom stereocenters. The van der Waals surface area contributed by atoms with Gasteiger partial charge in [-0.1, -0.05) is 71.1 Å². The molecule has 21 heavy (non-hydrogen) atoms. The molecule has 0 aliphatic carbocycles. The van der Waals surface area contributed by atoms with E-state index in [1.54, 1.807) is 0 Å². The molecule has 3 heteroatoms. The number of rotatable bonds is 17. The highest BCUT2D eigenvalue weighted by Crippen LogP contribution is 2.11. The Morgan fingerprint density at radius 2 is 1.33 bits per heavy atom. The molecule has 0 aromatic rings. The lowest BCUT2D eigenvalue weighted by atomic mass is 10.0. The molecule has 1 unspecified atom stereocenters. The average Bonchev–Trinajstić information content (AvgIpc) is 2.49. The highest BCUT2D eigenvalue weighted by molar-refractivity contribution is 4.60. The summed E-state index contributed by atoms with van der Waals surface area (Å²) in [6.07, 6.45) is 16.0. The van der Waals surface area contributed by atoms with Crippen molar-refractivity contribution in [2.24, 2.45) is 0 Å². The van der Waals surface area contributed by atoms with Crippen LogP contribution in [0, 0.1) is 0 Å². The Labute approximate surface area is 132 Å². The largest absolute Gasteiger partial charge is 0.396 e. The maximum Gasteiger partial charge on any atom is 0.0664 e. The van der Waals surface area contributed by atoms with Crippen molar-refractivity contribution >= 4 is 0 Å². The summed E-state index contributed by atoms with van der Waals surface area (Å²) >= 11 is 0. The van der Waals surface area contributed by atoms with Crippen LogP contribution in [0.5, 0.6) is 0 Å². The smallest absolute Gasteiger partial charge is 0.0664 e. The molecule has 0 rings (SSSR count). The second-order valence-corrected chi connectivity index (χ2v) is 6.26. The third-order valence-electron chi connectivity index (χ3n) is 4.03. The van der Waals surface area contributed by atoms with Crippen LogP contribution in [0.3, 0.4) is 0 Å². The molecule has 0 aliphatic heterocycles. The lowest BCUT2D eigenvalue weighted by Crippen LogP contribution is -2.27. The normalized spacial score (nSPS) is 12.7. The first kappa shape index (κ1) is 20.9. The second-order valence-electron chi connectivity index (χ2n) is 6.26. The van der Waals surface area contributed by atoms with Crippen molar-refractivity contribution in [1.82, 2.24) is 5.32 Å². The number of nitrogens with one attached hydrogen (secondary N) is 1. The zero-order valence-electron chi connectivity index (χ0n) is 14.3. The van der Waals surface area contributed by atoms with E-state index in [1.165, 1.54) is 57.8 Å². The highest BCUT2D eigenvalue weighted by atomic mass is 16.3. The summed E-state index contributed by atoms with van der Waals surface area (Å²) in [4.78, 5) is 0. The fourth-order valence-corrected chi connectivity index (χ4v) is 2.60. The van der Waals surface area contributed by atoms with Gasteiger partial charge in [-0.3, -0.25) is 0 Å². The third-order valence-corrected chi connectivity index (χ3v) is 4.03. The molecular formula is C18H39NO2. The SMILES string of the molecule is CCCCCCCCCCCCC(O)CNCCCCO. The minimum atomic E-state index is -0.201. The van der Waals surface area contributed by atoms with Crippen molar-refractivity contribution in [1.29, 1.82) is 0 Å². The van der Waals surface area contributed by atoms with E-state index >= 15 is 0 Å². The molecule has 0 fully saturated rings. The van der Waals surface area contributed by atoms with Crippen molar-refractivity contribution in [3.05, 3.63) is 0 Å². The minimum Gasteiger partial charge on any atom is -0.396 e. The van der Waals surface area contributed by atoms with Crippen LogP contribution in [0.4, 0.5) is 0 Å². The van der Waals surface area contributed by atoms with Crippen LogP contribution in [0.1, 0.15) is 90.4 Å². The minimum absolute atomic E-state index is 0.201. The fraction of sp³-hybridized carbons (Fsp3) is 1.00. The van der Waals surface area contributed by atoms with Gasteiger partial charge in [0.15, 0.2) is 0 Å². The number of aliphatic hydroxyl groups is 2. The van der Waals surface area contributed by atoms with Crippen molar-refractivity contribution in [3.63, 3.8) is 0 Å². The Kier molecular flexibility index (Phi) is 17.8. The first-order valence-electron chi connectivity index (χ1n) is 9.31. The van der Waals surface area contributed by atoms with Gasteiger partial charge < -0.3 is 15.5 Å². The number of hydrogen-bond acceptors (Lipinski definition) is 3. The molecule has 3 N–H and O–H groups in total. The summed E-state index contributed by atoms with van der Waals surface area (Å²) in [7, 11) is 0.